The third-order valence-electron chi connectivity index (χ3n) is 4.39. The monoisotopic (exact) mass is 403 g/mol. The summed E-state index contributed by atoms with van der Waals surface area (Å²) < 4.78 is 5.25. The fourth-order valence-corrected chi connectivity index (χ4v) is 4.37. The molecule has 0 aromatic heterocycles. The van der Waals surface area contributed by atoms with Gasteiger partial charge in [-0.25, -0.2) is 4.79 Å². The number of thioether (sulfide) groups is 1. The van der Waals surface area contributed by atoms with Gasteiger partial charge in [0, 0.05) is 19.3 Å². The molecule has 6 N–H and O–H groups in total. The number of carbonyl (C=O) groups is 4. The first-order chi connectivity index (χ1) is 12.7. The van der Waals surface area contributed by atoms with Crippen molar-refractivity contribution in [3.8, 4) is 0 Å². The number of hydrogen-bond acceptors (Lipinski definition) is 8. The molecule has 2 aliphatic heterocycles. The lowest BCUT2D eigenvalue weighted by molar-refractivity contribution is -0.192. The van der Waals surface area contributed by atoms with Gasteiger partial charge in [0.25, 0.3) is 11.6 Å². The van der Waals surface area contributed by atoms with E-state index in [1.54, 1.807) is 0 Å². The molecule has 0 aromatic carbocycles. The van der Waals surface area contributed by atoms with Crippen molar-refractivity contribution in [1.29, 1.82) is 0 Å². The number of ether oxygens (including phenoxy) is 1. The normalized spacial score (nSPS) is 25.5. The Hall–Kier alpha value is -2.15. The van der Waals surface area contributed by atoms with Crippen LogP contribution in [0.2, 0.25) is 0 Å². The Labute approximate surface area is 158 Å². The van der Waals surface area contributed by atoms with Crippen LogP contribution in [0.1, 0.15) is 19.3 Å². The number of carbonyl (C=O) groups excluding carboxylic acids is 2. The van der Waals surface area contributed by atoms with Crippen LogP contribution in [-0.2, 0) is 23.9 Å². The van der Waals surface area contributed by atoms with Crippen molar-refractivity contribution in [3.63, 3.8) is 0 Å². The zero-order chi connectivity index (χ0) is 20.4. The van der Waals surface area contributed by atoms with Gasteiger partial charge < -0.3 is 31.1 Å². The average Bonchev–Trinajstić information content (AvgIpc) is 2.63. The highest BCUT2D eigenvalue weighted by Gasteiger charge is 2.66. The second kappa shape index (κ2) is 8.25. The van der Waals surface area contributed by atoms with Gasteiger partial charge in [0.05, 0.1) is 6.61 Å². The number of aliphatic hydroxyl groups is 1. The standard InChI is InChI=1S/C15H21N3O8S/c1-26-15(17-9(20)4-2-3-8(16)11(21)22)13(25)18-10(12(23)24)7(5-19)6-27-14(15)18/h8,14,19H,2-6,16H2,1H3,(H,17,20)(H,21,22)(H,23,24)/t8-,14-,15+/m1/s1. The van der Waals surface area contributed by atoms with Crippen LogP contribution < -0.4 is 11.1 Å². The molecule has 0 bridgehead atoms. The van der Waals surface area contributed by atoms with Gasteiger partial charge in [-0.3, -0.25) is 19.3 Å². The number of rotatable bonds is 9. The van der Waals surface area contributed by atoms with Crippen molar-refractivity contribution >= 4 is 35.5 Å². The molecule has 1 fully saturated rings. The average molecular weight is 403 g/mol. The summed E-state index contributed by atoms with van der Waals surface area (Å²) >= 11 is 1.16. The summed E-state index contributed by atoms with van der Waals surface area (Å²) in [6, 6.07) is -1.08. The summed E-state index contributed by atoms with van der Waals surface area (Å²) in [4.78, 5) is 48.0. The van der Waals surface area contributed by atoms with E-state index < -0.39 is 47.5 Å². The molecule has 2 aliphatic rings. The van der Waals surface area contributed by atoms with E-state index in [0.29, 0.717) is 0 Å². The van der Waals surface area contributed by atoms with E-state index in [-0.39, 0.29) is 36.3 Å². The molecule has 0 aliphatic carbocycles. The first-order valence-electron chi connectivity index (χ1n) is 8.05. The van der Waals surface area contributed by atoms with Gasteiger partial charge in [0.1, 0.15) is 17.1 Å². The summed E-state index contributed by atoms with van der Waals surface area (Å²) in [6.45, 7) is -0.499. The van der Waals surface area contributed by atoms with E-state index in [9.17, 15) is 29.4 Å². The quantitative estimate of drug-likeness (QED) is 0.219. The fourth-order valence-electron chi connectivity index (χ4n) is 2.94. The minimum absolute atomic E-state index is 0.0692. The van der Waals surface area contributed by atoms with Gasteiger partial charge in [-0.15, -0.1) is 11.8 Å². The highest BCUT2D eigenvalue weighted by molar-refractivity contribution is 8.00. The lowest BCUT2D eigenvalue weighted by atomic mass is 9.97. The molecule has 2 amide bonds. The number of aliphatic hydroxyl groups excluding tert-OH is 1. The van der Waals surface area contributed by atoms with Crippen LogP contribution in [0.5, 0.6) is 0 Å². The maximum Gasteiger partial charge on any atom is 0.352 e. The number of β-lactam (4-membered cyclic amide) rings is 1. The van der Waals surface area contributed by atoms with E-state index in [4.69, 9.17) is 15.6 Å². The molecule has 11 nitrogen and oxygen atoms in total. The Morgan fingerprint density at radius 1 is 1.44 bits per heavy atom. The molecule has 1 saturated heterocycles. The molecule has 12 heteroatoms. The Balaban J connectivity index is 2.08. The van der Waals surface area contributed by atoms with Crippen LogP contribution in [0.25, 0.3) is 0 Å². The molecular formula is C15H21N3O8S. The minimum atomic E-state index is -1.71. The molecule has 27 heavy (non-hydrogen) atoms. The zero-order valence-electron chi connectivity index (χ0n) is 14.5. The van der Waals surface area contributed by atoms with Crippen LogP contribution in [0.4, 0.5) is 0 Å². The van der Waals surface area contributed by atoms with E-state index in [2.05, 4.69) is 5.32 Å². The maximum absolute atomic E-state index is 12.6. The number of carboxylic acid groups (broad SMARTS) is 2. The Morgan fingerprint density at radius 3 is 2.63 bits per heavy atom. The zero-order valence-corrected chi connectivity index (χ0v) is 15.3. The highest BCUT2D eigenvalue weighted by atomic mass is 32.2. The van der Waals surface area contributed by atoms with E-state index >= 15 is 0 Å². The summed E-state index contributed by atoms with van der Waals surface area (Å²) in [5.41, 5.74) is 3.56. The van der Waals surface area contributed by atoms with Crippen molar-refractivity contribution in [2.45, 2.75) is 36.4 Å². The predicted octanol–water partition coefficient (Wildman–Crippen LogP) is -1.73. The van der Waals surface area contributed by atoms with Crippen LogP contribution in [-0.4, -0.2) is 80.6 Å². The topological polar surface area (TPSA) is 179 Å². The number of carboxylic acids is 2. The number of hydrogen-bond donors (Lipinski definition) is 5. The largest absolute Gasteiger partial charge is 0.480 e. The van der Waals surface area contributed by atoms with Crippen LogP contribution in [0.3, 0.4) is 0 Å². The Morgan fingerprint density at radius 2 is 2.11 bits per heavy atom. The molecule has 2 heterocycles. The minimum Gasteiger partial charge on any atom is -0.480 e. The first kappa shape index (κ1) is 21.2. The second-order valence-electron chi connectivity index (χ2n) is 6.08. The number of aliphatic carboxylic acids is 2. The van der Waals surface area contributed by atoms with Gasteiger partial charge >= 0.3 is 11.9 Å². The molecule has 150 valence electrons. The Kier molecular flexibility index (Phi) is 6.46. The Bertz CT molecular complexity index is 697. The summed E-state index contributed by atoms with van der Waals surface area (Å²) in [6.07, 6.45) is 0.219. The van der Waals surface area contributed by atoms with Crippen molar-refractivity contribution < 1.29 is 39.2 Å². The summed E-state index contributed by atoms with van der Waals surface area (Å²) in [7, 11) is 1.22. The van der Waals surface area contributed by atoms with Gasteiger partial charge in [-0.1, -0.05) is 0 Å². The third kappa shape index (κ3) is 3.78. The molecular weight excluding hydrogens is 382 g/mol. The first-order valence-corrected chi connectivity index (χ1v) is 9.10. The second-order valence-corrected chi connectivity index (χ2v) is 7.15. The van der Waals surface area contributed by atoms with Crippen LogP contribution >= 0.6 is 11.8 Å². The number of fused-ring (bicyclic) bond motifs is 1. The van der Waals surface area contributed by atoms with Gasteiger partial charge in [-0.2, -0.15) is 0 Å². The molecule has 0 unspecified atom stereocenters. The third-order valence-corrected chi connectivity index (χ3v) is 5.76. The summed E-state index contributed by atoms with van der Waals surface area (Å²) in [5.74, 6) is -3.64. The van der Waals surface area contributed by atoms with Crippen molar-refractivity contribution in [1.82, 2.24) is 10.2 Å². The number of nitrogens with one attached hydrogen (secondary N) is 1. The van der Waals surface area contributed by atoms with Gasteiger partial charge in [0.15, 0.2) is 0 Å². The number of nitrogens with two attached hydrogens (primary N) is 1. The fraction of sp³-hybridized carbons (Fsp3) is 0.600. The van der Waals surface area contributed by atoms with Crippen molar-refractivity contribution in [3.05, 3.63) is 11.3 Å². The van der Waals surface area contributed by atoms with Crippen molar-refractivity contribution in [2.24, 2.45) is 5.73 Å². The van der Waals surface area contributed by atoms with Gasteiger partial charge in [0.2, 0.25) is 5.91 Å². The number of amides is 2. The lowest BCUT2D eigenvalue weighted by Crippen LogP contribution is -2.80. The van der Waals surface area contributed by atoms with E-state index in [0.717, 1.165) is 16.7 Å². The lowest BCUT2D eigenvalue weighted by Gasteiger charge is -2.55. The number of nitrogens with zero attached hydrogens (tertiary/aromatic N) is 1. The summed E-state index contributed by atoms with van der Waals surface area (Å²) in [5, 5.41) is 29.1. The highest BCUT2D eigenvalue weighted by Crippen LogP contribution is 2.46. The maximum atomic E-state index is 12.6. The number of methoxy groups -OCH3 is 1. The van der Waals surface area contributed by atoms with Crippen LogP contribution in [0, 0.1) is 0 Å². The smallest absolute Gasteiger partial charge is 0.352 e. The molecule has 0 radical (unpaired) electrons. The molecule has 2 rings (SSSR count). The van der Waals surface area contributed by atoms with Crippen LogP contribution in [0.15, 0.2) is 11.3 Å². The molecule has 3 atom stereocenters. The van der Waals surface area contributed by atoms with Gasteiger partial charge in [-0.05, 0) is 18.4 Å². The van der Waals surface area contributed by atoms with E-state index in [1.807, 2.05) is 0 Å². The molecule has 0 saturated carbocycles. The SMILES string of the molecule is CO[C@@]1(NC(=O)CCC[C@@H](N)C(=O)O)C(=O)N2C(C(=O)O)=C(CO)CS[C@@H]21. The predicted molar refractivity (Wildman–Crippen MR) is 92.2 cm³/mol. The van der Waals surface area contributed by atoms with Crippen molar-refractivity contribution in [2.75, 3.05) is 19.5 Å². The molecule has 0 aromatic rings. The molecule has 0 spiro atoms. The van der Waals surface area contributed by atoms with E-state index in [1.165, 1.54) is 7.11 Å².